The predicted octanol–water partition coefficient (Wildman–Crippen LogP) is 4.43. The summed E-state index contributed by atoms with van der Waals surface area (Å²) >= 11 is 1.05. The molecule has 0 aliphatic heterocycles. The van der Waals surface area contributed by atoms with Crippen LogP contribution in [0.2, 0.25) is 0 Å². The van der Waals surface area contributed by atoms with Gasteiger partial charge in [-0.25, -0.2) is 14.6 Å². The van der Waals surface area contributed by atoms with Crippen LogP contribution in [0.1, 0.15) is 43.8 Å². The molecule has 6 nitrogen and oxygen atoms in total. The first-order valence-corrected chi connectivity index (χ1v) is 10.6. The standard InChI is InChI=1S/C24H20N2O4S/c1-15-22(23(27)28)31-21(26-15)12-6-7-13-25-24(29)30-14-20-18-10-4-2-8-16(18)17-9-3-5-11-19(17)20/h2-5,8-11,20H,7,13-14H2,1H3,(H,25,29)(H,27,28). The Morgan fingerprint density at radius 1 is 1.13 bits per heavy atom. The Morgan fingerprint density at radius 2 is 1.77 bits per heavy atom. The van der Waals surface area contributed by atoms with Gasteiger partial charge in [-0.05, 0) is 35.1 Å². The van der Waals surface area contributed by atoms with Gasteiger partial charge in [0.15, 0.2) is 5.01 Å². The number of aromatic carboxylic acids is 1. The van der Waals surface area contributed by atoms with Gasteiger partial charge in [-0.1, -0.05) is 65.8 Å². The molecule has 0 saturated heterocycles. The molecule has 0 spiro atoms. The molecular formula is C24H20N2O4S. The number of nitrogens with zero attached hydrogens (tertiary/aromatic N) is 1. The molecule has 0 fully saturated rings. The fraction of sp³-hybridized carbons (Fsp3) is 0.208. The van der Waals surface area contributed by atoms with Crippen molar-refractivity contribution in [3.63, 3.8) is 0 Å². The zero-order valence-electron chi connectivity index (χ0n) is 16.8. The van der Waals surface area contributed by atoms with Crippen molar-refractivity contribution in [1.29, 1.82) is 0 Å². The zero-order valence-corrected chi connectivity index (χ0v) is 17.7. The lowest BCUT2D eigenvalue weighted by molar-refractivity contribution is 0.0701. The van der Waals surface area contributed by atoms with Crippen molar-refractivity contribution in [1.82, 2.24) is 10.3 Å². The fourth-order valence-electron chi connectivity index (χ4n) is 3.66. The van der Waals surface area contributed by atoms with Gasteiger partial charge in [0.2, 0.25) is 0 Å². The van der Waals surface area contributed by atoms with Gasteiger partial charge in [-0.3, -0.25) is 0 Å². The van der Waals surface area contributed by atoms with Crippen molar-refractivity contribution in [2.45, 2.75) is 19.3 Å². The normalized spacial score (nSPS) is 11.8. The van der Waals surface area contributed by atoms with Gasteiger partial charge in [-0.2, -0.15) is 0 Å². The average molecular weight is 433 g/mol. The van der Waals surface area contributed by atoms with Gasteiger partial charge < -0.3 is 15.2 Å². The fourth-order valence-corrected chi connectivity index (χ4v) is 4.44. The molecule has 1 aliphatic carbocycles. The van der Waals surface area contributed by atoms with Crippen LogP contribution >= 0.6 is 11.3 Å². The third-order valence-corrected chi connectivity index (χ3v) is 6.11. The number of fused-ring (bicyclic) bond motifs is 3. The van der Waals surface area contributed by atoms with Gasteiger partial charge in [0, 0.05) is 18.9 Å². The summed E-state index contributed by atoms with van der Waals surface area (Å²) in [6, 6.07) is 16.4. The number of carboxylic acids is 1. The minimum Gasteiger partial charge on any atom is -0.477 e. The summed E-state index contributed by atoms with van der Waals surface area (Å²) in [6.07, 6.45) is -0.0764. The van der Waals surface area contributed by atoms with Gasteiger partial charge in [-0.15, -0.1) is 0 Å². The minimum atomic E-state index is -1.00. The number of hydrogen-bond acceptors (Lipinski definition) is 5. The third-order valence-electron chi connectivity index (χ3n) is 5.05. The van der Waals surface area contributed by atoms with Crippen LogP contribution in [0.3, 0.4) is 0 Å². The van der Waals surface area contributed by atoms with Gasteiger partial charge >= 0.3 is 12.1 Å². The molecule has 1 aromatic heterocycles. The summed E-state index contributed by atoms with van der Waals surface area (Å²) < 4.78 is 5.48. The topological polar surface area (TPSA) is 88.5 Å². The number of carbonyl (C=O) groups excluding carboxylic acids is 1. The highest BCUT2D eigenvalue weighted by atomic mass is 32.1. The lowest BCUT2D eigenvalue weighted by Gasteiger charge is -2.14. The van der Waals surface area contributed by atoms with E-state index in [0.29, 0.717) is 23.7 Å². The number of thiazole rings is 1. The molecule has 156 valence electrons. The number of hydrogen-bond donors (Lipinski definition) is 2. The Balaban J connectivity index is 1.28. The second-order valence-electron chi connectivity index (χ2n) is 7.04. The van der Waals surface area contributed by atoms with E-state index in [4.69, 9.17) is 9.84 Å². The quantitative estimate of drug-likeness (QED) is 0.460. The van der Waals surface area contributed by atoms with Crippen LogP contribution in [-0.4, -0.2) is 35.3 Å². The zero-order chi connectivity index (χ0) is 21.8. The molecule has 0 unspecified atom stereocenters. The number of amides is 1. The maximum absolute atomic E-state index is 12.1. The van der Waals surface area contributed by atoms with Gasteiger partial charge in [0.05, 0.1) is 5.69 Å². The molecule has 0 bridgehead atoms. The van der Waals surface area contributed by atoms with E-state index < -0.39 is 12.1 Å². The molecule has 2 N–H and O–H groups in total. The largest absolute Gasteiger partial charge is 0.477 e. The molecular weight excluding hydrogens is 412 g/mol. The van der Waals surface area contributed by atoms with Crippen LogP contribution < -0.4 is 5.32 Å². The van der Waals surface area contributed by atoms with E-state index in [1.54, 1.807) is 6.92 Å². The summed E-state index contributed by atoms with van der Waals surface area (Å²) in [7, 11) is 0. The maximum Gasteiger partial charge on any atom is 0.407 e. The number of carbonyl (C=O) groups is 2. The summed E-state index contributed by atoms with van der Waals surface area (Å²) in [4.78, 5) is 27.5. The van der Waals surface area contributed by atoms with E-state index in [-0.39, 0.29) is 17.4 Å². The Morgan fingerprint density at radius 3 is 2.39 bits per heavy atom. The number of alkyl carbamates (subject to hydrolysis) is 1. The van der Waals surface area contributed by atoms with Crippen LogP contribution in [0.15, 0.2) is 48.5 Å². The van der Waals surface area contributed by atoms with E-state index in [1.807, 2.05) is 24.3 Å². The van der Waals surface area contributed by atoms with Crippen LogP contribution in [0.25, 0.3) is 11.1 Å². The Labute approximate surface area is 183 Å². The van der Waals surface area contributed by atoms with E-state index >= 15 is 0 Å². The van der Waals surface area contributed by atoms with E-state index in [2.05, 4.69) is 46.4 Å². The molecule has 0 saturated carbocycles. The van der Waals surface area contributed by atoms with Gasteiger partial charge in [0.1, 0.15) is 11.5 Å². The second-order valence-corrected chi connectivity index (χ2v) is 8.04. The summed E-state index contributed by atoms with van der Waals surface area (Å²) in [5.41, 5.74) is 5.17. The Hall–Kier alpha value is -3.63. The summed E-state index contributed by atoms with van der Waals surface area (Å²) in [5.74, 6) is 4.75. The van der Waals surface area contributed by atoms with Crippen molar-refractivity contribution in [3.05, 3.63) is 75.2 Å². The SMILES string of the molecule is Cc1nc(C#CCCNC(=O)OCC2c3ccccc3-c3ccccc32)sc1C(=O)O. The average Bonchev–Trinajstić information content (AvgIpc) is 3.30. The molecule has 31 heavy (non-hydrogen) atoms. The molecule has 2 aromatic carbocycles. The summed E-state index contributed by atoms with van der Waals surface area (Å²) in [5, 5.41) is 12.2. The highest BCUT2D eigenvalue weighted by molar-refractivity contribution is 7.14. The molecule has 1 amide bonds. The molecule has 1 heterocycles. The first-order chi connectivity index (χ1) is 15.0. The van der Waals surface area contributed by atoms with Gasteiger partial charge in [0.25, 0.3) is 0 Å². The maximum atomic E-state index is 12.1. The van der Waals surface area contributed by atoms with Crippen LogP contribution in [0.5, 0.6) is 0 Å². The number of nitrogens with one attached hydrogen (secondary N) is 1. The minimum absolute atomic E-state index is 0.0227. The van der Waals surface area contributed by atoms with Crippen LogP contribution in [0.4, 0.5) is 4.79 Å². The lowest BCUT2D eigenvalue weighted by Crippen LogP contribution is -2.26. The number of aryl methyl sites for hydroxylation is 1. The summed E-state index contributed by atoms with van der Waals surface area (Å²) in [6.45, 7) is 2.24. The first kappa shape index (κ1) is 20.6. The highest BCUT2D eigenvalue weighted by Gasteiger charge is 2.28. The number of rotatable bonds is 5. The van der Waals surface area contributed by atoms with Crippen LogP contribution in [0, 0.1) is 18.8 Å². The van der Waals surface area contributed by atoms with E-state index in [0.717, 1.165) is 11.3 Å². The molecule has 1 aliphatic rings. The van der Waals surface area contributed by atoms with Crippen molar-refractivity contribution in [2.75, 3.05) is 13.2 Å². The van der Waals surface area contributed by atoms with Crippen LogP contribution in [-0.2, 0) is 4.74 Å². The van der Waals surface area contributed by atoms with E-state index in [9.17, 15) is 9.59 Å². The number of aromatic nitrogens is 1. The number of carboxylic acid groups (broad SMARTS) is 1. The monoisotopic (exact) mass is 432 g/mol. The van der Waals surface area contributed by atoms with E-state index in [1.165, 1.54) is 22.3 Å². The van der Waals surface area contributed by atoms with Crippen molar-refractivity contribution < 1.29 is 19.4 Å². The lowest BCUT2D eigenvalue weighted by atomic mass is 9.98. The molecule has 0 atom stereocenters. The van der Waals surface area contributed by atoms with Crippen molar-refractivity contribution >= 4 is 23.4 Å². The highest BCUT2D eigenvalue weighted by Crippen LogP contribution is 2.44. The second kappa shape index (κ2) is 9.02. The van der Waals surface area contributed by atoms with Crippen molar-refractivity contribution in [2.24, 2.45) is 0 Å². The third kappa shape index (κ3) is 4.44. The Kier molecular flexibility index (Phi) is 6.01. The predicted molar refractivity (Wildman–Crippen MR) is 118 cm³/mol. The molecule has 0 radical (unpaired) electrons. The number of ether oxygens (including phenoxy) is 1. The number of benzene rings is 2. The van der Waals surface area contributed by atoms with Crippen molar-refractivity contribution in [3.8, 4) is 23.0 Å². The molecule has 7 heteroatoms. The first-order valence-electron chi connectivity index (χ1n) is 9.83. The molecule has 4 rings (SSSR count). The smallest absolute Gasteiger partial charge is 0.407 e. The Bertz CT molecular complexity index is 1160. The molecule has 3 aromatic rings.